The molecule has 0 fully saturated rings. The van der Waals surface area contributed by atoms with Gasteiger partial charge in [0.2, 0.25) is 5.75 Å². The highest BCUT2D eigenvalue weighted by molar-refractivity contribution is 5.86. The van der Waals surface area contributed by atoms with Crippen LogP contribution >= 0.6 is 0 Å². The van der Waals surface area contributed by atoms with Gasteiger partial charge in [0.15, 0.2) is 11.5 Å². The van der Waals surface area contributed by atoms with Crippen molar-refractivity contribution in [3.05, 3.63) is 47.9 Å². The predicted molar refractivity (Wildman–Crippen MR) is 79.1 cm³/mol. The number of aryl methyl sites for hydroxylation is 1. The number of H-pyrrole nitrogens is 1. The van der Waals surface area contributed by atoms with Crippen LogP contribution in [0.25, 0.3) is 22.4 Å². The Labute approximate surface area is 125 Å². The third-order valence-corrected chi connectivity index (χ3v) is 3.47. The van der Waals surface area contributed by atoms with Gasteiger partial charge in [-0.05, 0) is 36.8 Å². The number of aromatic hydroxyl groups is 3. The summed E-state index contributed by atoms with van der Waals surface area (Å²) in [6, 6.07) is 8.59. The molecule has 2 aromatic carbocycles. The van der Waals surface area contributed by atoms with Crippen LogP contribution in [0.5, 0.6) is 17.2 Å². The van der Waals surface area contributed by atoms with Gasteiger partial charge in [0.05, 0.1) is 0 Å². The maximum Gasteiger partial charge on any atom is 0.200 e. The SMILES string of the molecule is Cc1[nH]nc(-c2ccc(O)c(O)c2O)c1-c1ccc(F)cc1. The molecular formula is C16H13FN2O3. The van der Waals surface area contributed by atoms with Crippen LogP contribution < -0.4 is 0 Å². The van der Waals surface area contributed by atoms with Crippen LogP contribution in [0.2, 0.25) is 0 Å². The van der Waals surface area contributed by atoms with Crippen molar-refractivity contribution in [2.24, 2.45) is 0 Å². The summed E-state index contributed by atoms with van der Waals surface area (Å²) in [7, 11) is 0. The number of hydrogen-bond donors (Lipinski definition) is 4. The summed E-state index contributed by atoms with van der Waals surface area (Å²) in [5.41, 5.74) is 2.79. The fraction of sp³-hybridized carbons (Fsp3) is 0.0625. The molecule has 0 atom stereocenters. The molecule has 0 radical (unpaired) electrons. The van der Waals surface area contributed by atoms with Crippen LogP contribution in [0, 0.1) is 12.7 Å². The van der Waals surface area contributed by atoms with Crippen molar-refractivity contribution in [1.82, 2.24) is 10.2 Å². The number of aromatic amines is 1. The molecule has 112 valence electrons. The lowest BCUT2D eigenvalue weighted by Gasteiger charge is -2.08. The van der Waals surface area contributed by atoms with Gasteiger partial charge in [-0.3, -0.25) is 5.10 Å². The number of phenolic OH excluding ortho intramolecular Hbond substituents is 3. The van der Waals surface area contributed by atoms with Gasteiger partial charge in [-0.2, -0.15) is 5.10 Å². The maximum absolute atomic E-state index is 13.1. The standard InChI is InChI=1S/C16H13FN2O3/c1-8-13(9-2-4-10(17)5-3-9)14(19-18-8)11-6-7-12(20)16(22)15(11)21/h2-7,20-22H,1H3,(H,18,19). The molecule has 3 aromatic rings. The van der Waals surface area contributed by atoms with Gasteiger partial charge in [0, 0.05) is 16.8 Å². The van der Waals surface area contributed by atoms with Crippen molar-refractivity contribution in [3.63, 3.8) is 0 Å². The first-order valence-electron chi connectivity index (χ1n) is 6.54. The van der Waals surface area contributed by atoms with Gasteiger partial charge in [-0.25, -0.2) is 4.39 Å². The number of rotatable bonds is 2. The summed E-state index contributed by atoms with van der Waals surface area (Å²) in [4.78, 5) is 0. The molecule has 0 amide bonds. The lowest BCUT2D eigenvalue weighted by molar-refractivity contribution is 0.369. The Morgan fingerprint density at radius 2 is 1.64 bits per heavy atom. The Balaban J connectivity index is 2.22. The zero-order valence-corrected chi connectivity index (χ0v) is 11.6. The number of benzene rings is 2. The van der Waals surface area contributed by atoms with Gasteiger partial charge >= 0.3 is 0 Å². The van der Waals surface area contributed by atoms with E-state index in [1.165, 1.54) is 24.3 Å². The van der Waals surface area contributed by atoms with Crippen LogP contribution in [0.15, 0.2) is 36.4 Å². The van der Waals surface area contributed by atoms with E-state index >= 15 is 0 Å². The van der Waals surface area contributed by atoms with Gasteiger partial charge < -0.3 is 15.3 Å². The van der Waals surface area contributed by atoms with E-state index in [9.17, 15) is 19.7 Å². The van der Waals surface area contributed by atoms with Crippen LogP contribution in [0.4, 0.5) is 4.39 Å². The van der Waals surface area contributed by atoms with E-state index in [0.29, 0.717) is 11.3 Å². The zero-order chi connectivity index (χ0) is 15.9. The molecule has 0 unspecified atom stereocenters. The van der Waals surface area contributed by atoms with Gasteiger partial charge in [-0.1, -0.05) is 12.1 Å². The monoisotopic (exact) mass is 300 g/mol. The van der Waals surface area contributed by atoms with Crippen molar-refractivity contribution >= 4 is 0 Å². The second-order valence-corrected chi connectivity index (χ2v) is 4.91. The molecule has 0 aliphatic rings. The number of hydrogen-bond acceptors (Lipinski definition) is 4. The largest absolute Gasteiger partial charge is 0.504 e. The first-order chi connectivity index (χ1) is 10.5. The van der Waals surface area contributed by atoms with Crippen LogP contribution in [-0.2, 0) is 0 Å². The predicted octanol–water partition coefficient (Wildman–Crippen LogP) is 3.31. The molecular weight excluding hydrogens is 287 g/mol. The number of nitrogens with one attached hydrogen (secondary N) is 1. The molecule has 0 saturated heterocycles. The zero-order valence-electron chi connectivity index (χ0n) is 11.6. The van der Waals surface area contributed by atoms with Gasteiger partial charge in [-0.15, -0.1) is 0 Å². The summed E-state index contributed by atoms with van der Waals surface area (Å²) < 4.78 is 13.1. The molecule has 0 saturated carbocycles. The highest BCUT2D eigenvalue weighted by Gasteiger charge is 2.20. The van der Waals surface area contributed by atoms with E-state index in [1.807, 2.05) is 0 Å². The van der Waals surface area contributed by atoms with E-state index in [-0.39, 0.29) is 11.4 Å². The lowest BCUT2D eigenvalue weighted by atomic mass is 9.98. The number of phenols is 3. The Hall–Kier alpha value is -3.02. The molecule has 5 nitrogen and oxygen atoms in total. The molecule has 1 aromatic heterocycles. The minimum Gasteiger partial charge on any atom is -0.504 e. The second-order valence-electron chi connectivity index (χ2n) is 4.91. The molecule has 22 heavy (non-hydrogen) atoms. The first-order valence-corrected chi connectivity index (χ1v) is 6.54. The van der Waals surface area contributed by atoms with Crippen molar-refractivity contribution < 1.29 is 19.7 Å². The fourth-order valence-corrected chi connectivity index (χ4v) is 2.35. The van der Waals surface area contributed by atoms with Crippen molar-refractivity contribution in [2.75, 3.05) is 0 Å². The normalized spacial score (nSPS) is 10.8. The van der Waals surface area contributed by atoms with Crippen LogP contribution in [0.1, 0.15) is 5.69 Å². The molecule has 0 bridgehead atoms. The van der Waals surface area contributed by atoms with Gasteiger partial charge in [0.25, 0.3) is 0 Å². The topological polar surface area (TPSA) is 89.4 Å². The molecule has 0 spiro atoms. The van der Waals surface area contributed by atoms with E-state index < -0.39 is 17.2 Å². The van der Waals surface area contributed by atoms with Gasteiger partial charge in [0.1, 0.15) is 11.5 Å². The fourth-order valence-electron chi connectivity index (χ4n) is 2.35. The maximum atomic E-state index is 13.1. The highest BCUT2D eigenvalue weighted by Crippen LogP contribution is 2.44. The molecule has 0 aliphatic heterocycles. The average molecular weight is 300 g/mol. The van der Waals surface area contributed by atoms with E-state index in [1.54, 1.807) is 19.1 Å². The minimum absolute atomic E-state index is 0.263. The first kappa shape index (κ1) is 13.9. The van der Waals surface area contributed by atoms with Crippen LogP contribution in [-0.4, -0.2) is 25.5 Å². The van der Waals surface area contributed by atoms with Crippen molar-refractivity contribution in [1.29, 1.82) is 0 Å². The Morgan fingerprint density at radius 3 is 2.32 bits per heavy atom. The van der Waals surface area contributed by atoms with Crippen molar-refractivity contribution in [3.8, 4) is 39.6 Å². The Morgan fingerprint density at radius 1 is 0.955 bits per heavy atom. The summed E-state index contributed by atoms with van der Waals surface area (Å²) >= 11 is 0. The third-order valence-electron chi connectivity index (χ3n) is 3.47. The summed E-state index contributed by atoms with van der Waals surface area (Å²) in [6.07, 6.45) is 0. The average Bonchev–Trinajstić information content (AvgIpc) is 2.88. The van der Waals surface area contributed by atoms with E-state index in [4.69, 9.17) is 0 Å². The third kappa shape index (κ3) is 2.14. The Bertz CT molecular complexity index is 841. The van der Waals surface area contributed by atoms with Crippen molar-refractivity contribution in [2.45, 2.75) is 6.92 Å². The summed E-state index contributed by atoms with van der Waals surface area (Å²) in [5.74, 6) is -1.84. The molecule has 0 aliphatic carbocycles. The minimum atomic E-state index is -0.608. The second kappa shape index (κ2) is 5.07. The molecule has 4 N–H and O–H groups in total. The van der Waals surface area contributed by atoms with E-state index in [0.717, 1.165) is 11.3 Å². The van der Waals surface area contributed by atoms with Crippen LogP contribution in [0.3, 0.4) is 0 Å². The number of nitrogens with zero attached hydrogens (tertiary/aromatic N) is 1. The smallest absolute Gasteiger partial charge is 0.200 e. The Kier molecular flexibility index (Phi) is 3.21. The summed E-state index contributed by atoms with van der Waals surface area (Å²) in [6.45, 7) is 1.80. The molecule has 6 heteroatoms. The molecule has 1 heterocycles. The number of halogens is 1. The number of aromatic nitrogens is 2. The molecule has 3 rings (SSSR count). The highest BCUT2D eigenvalue weighted by atomic mass is 19.1. The lowest BCUT2D eigenvalue weighted by Crippen LogP contribution is -1.86. The quantitative estimate of drug-likeness (QED) is 0.547. The van der Waals surface area contributed by atoms with E-state index in [2.05, 4.69) is 10.2 Å². The summed E-state index contributed by atoms with van der Waals surface area (Å²) in [5, 5.41) is 36.1.